The van der Waals surface area contributed by atoms with E-state index in [1.165, 1.54) is 0 Å². The summed E-state index contributed by atoms with van der Waals surface area (Å²) >= 11 is 6.02. The monoisotopic (exact) mass is 429 g/mol. The number of hydrogen-bond donors (Lipinski definition) is 1. The molecule has 5 rings (SSSR count). The highest BCUT2D eigenvalue weighted by Gasteiger charge is 2.23. The molecular weight excluding hydrogens is 405 g/mol. The number of aromatic nitrogens is 4. The molecule has 7 nitrogen and oxygen atoms in total. The minimum absolute atomic E-state index is 0.321. The van der Waals surface area contributed by atoms with Crippen molar-refractivity contribution >= 4 is 34.6 Å². The fraction of sp³-hybridized carbons (Fsp3) is 0.476. The molecule has 9 heteroatoms. The van der Waals surface area contributed by atoms with Crippen molar-refractivity contribution in [3.63, 3.8) is 0 Å². The van der Waals surface area contributed by atoms with Gasteiger partial charge in [0.1, 0.15) is 11.3 Å². The Morgan fingerprint density at radius 1 is 1.03 bits per heavy atom. The smallest absolute Gasteiger partial charge is 0.243 e. The van der Waals surface area contributed by atoms with Gasteiger partial charge in [-0.1, -0.05) is 11.6 Å². The molecule has 3 aromatic heterocycles. The number of nitrogens with zero attached hydrogens (tertiary/aromatic N) is 6. The maximum absolute atomic E-state index is 13.5. The van der Waals surface area contributed by atoms with Crippen molar-refractivity contribution in [3.05, 3.63) is 41.8 Å². The van der Waals surface area contributed by atoms with E-state index in [0.717, 1.165) is 43.0 Å². The molecule has 0 saturated carbocycles. The van der Waals surface area contributed by atoms with Crippen LogP contribution < -0.4 is 15.1 Å². The molecule has 0 unspecified atom stereocenters. The first-order valence-corrected chi connectivity index (χ1v) is 10.9. The van der Waals surface area contributed by atoms with Crippen LogP contribution in [0.3, 0.4) is 0 Å². The summed E-state index contributed by atoms with van der Waals surface area (Å²) in [4.78, 5) is 13.4. The first-order chi connectivity index (χ1) is 14.7. The van der Waals surface area contributed by atoms with E-state index in [-0.39, 0.29) is 0 Å². The maximum atomic E-state index is 13.5. The van der Waals surface area contributed by atoms with Gasteiger partial charge >= 0.3 is 0 Å². The van der Waals surface area contributed by atoms with Crippen molar-refractivity contribution in [1.82, 2.24) is 19.6 Å². The molecule has 0 bridgehead atoms. The molecule has 158 valence electrons. The minimum atomic E-state index is -0.690. The van der Waals surface area contributed by atoms with E-state index in [9.17, 15) is 4.39 Å². The number of hydrogen-bond acceptors (Lipinski definition) is 6. The van der Waals surface area contributed by atoms with Crippen LogP contribution in [0.5, 0.6) is 0 Å². The number of pyridine rings is 2. The zero-order valence-electron chi connectivity index (χ0n) is 16.7. The summed E-state index contributed by atoms with van der Waals surface area (Å²) in [7, 11) is 0. The third kappa shape index (κ3) is 4.01. The number of nitrogens with one attached hydrogen (secondary N) is 1. The molecule has 3 aromatic rings. The minimum Gasteiger partial charge on any atom is -0.371 e. The van der Waals surface area contributed by atoms with Gasteiger partial charge in [-0.15, -0.1) is 5.10 Å². The number of alkyl halides is 1. The molecule has 1 N–H and O–H groups in total. The molecule has 5 heterocycles. The lowest BCUT2D eigenvalue weighted by Crippen LogP contribution is -2.39. The van der Waals surface area contributed by atoms with Crippen molar-refractivity contribution in [2.75, 3.05) is 41.3 Å². The van der Waals surface area contributed by atoms with Crippen molar-refractivity contribution in [2.45, 2.75) is 37.9 Å². The van der Waals surface area contributed by atoms with E-state index in [1.807, 2.05) is 35.0 Å². The van der Waals surface area contributed by atoms with Crippen molar-refractivity contribution in [2.24, 2.45) is 0 Å². The second kappa shape index (κ2) is 8.26. The summed E-state index contributed by atoms with van der Waals surface area (Å²) in [5.74, 6) is 0.647. The first-order valence-electron chi connectivity index (χ1n) is 10.5. The number of rotatable bonds is 4. The molecule has 2 fully saturated rings. The largest absolute Gasteiger partial charge is 0.371 e. The molecule has 0 aliphatic carbocycles. The summed E-state index contributed by atoms with van der Waals surface area (Å²) < 4.78 is 15.3. The van der Waals surface area contributed by atoms with E-state index in [2.05, 4.69) is 25.2 Å². The fourth-order valence-electron chi connectivity index (χ4n) is 4.34. The molecule has 0 spiro atoms. The van der Waals surface area contributed by atoms with E-state index in [1.54, 1.807) is 6.20 Å². The zero-order chi connectivity index (χ0) is 20.5. The Kier molecular flexibility index (Phi) is 5.33. The highest BCUT2D eigenvalue weighted by Crippen LogP contribution is 2.27. The standard InChI is InChI=1S/C21H25ClFN7/c22-19-14-17(3-8-24-19)28-12-6-16(7-13-28)25-21-26-20-18(2-1-9-30(20)27-21)29-10-4-15(23)5-11-29/h1-3,8-9,14-16H,4-7,10-13H2,(H,25,27). The van der Waals surface area contributed by atoms with Gasteiger partial charge in [0, 0.05) is 50.3 Å². The number of fused-ring (bicyclic) bond motifs is 1. The second-order valence-electron chi connectivity index (χ2n) is 8.00. The third-order valence-electron chi connectivity index (χ3n) is 6.01. The Morgan fingerprint density at radius 2 is 1.80 bits per heavy atom. The van der Waals surface area contributed by atoms with Crippen LogP contribution in [-0.2, 0) is 0 Å². The van der Waals surface area contributed by atoms with Gasteiger partial charge in [0.05, 0.1) is 5.69 Å². The van der Waals surface area contributed by atoms with Crippen molar-refractivity contribution in [3.8, 4) is 0 Å². The molecule has 0 atom stereocenters. The highest BCUT2D eigenvalue weighted by molar-refractivity contribution is 6.29. The van der Waals surface area contributed by atoms with Gasteiger partial charge in [-0.25, -0.2) is 13.9 Å². The lowest BCUT2D eigenvalue weighted by molar-refractivity contribution is 0.277. The van der Waals surface area contributed by atoms with Crippen LogP contribution in [-0.4, -0.2) is 58.0 Å². The van der Waals surface area contributed by atoms with Gasteiger partial charge < -0.3 is 15.1 Å². The molecular formula is C21H25ClFN7. The molecule has 30 heavy (non-hydrogen) atoms. The van der Waals surface area contributed by atoms with Crippen LogP contribution >= 0.6 is 11.6 Å². The number of piperidine rings is 2. The van der Waals surface area contributed by atoms with Gasteiger partial charge in [-0.05, 0) is 49.9 Å². The Labute approximate surface area is 179 Å². The van der Waals surface area contributed by atoms with Crippen LogP contribution in [0.2, 0.25) is 5.15 Å². The summed E-state index contributed by atoms with van der Waals surface area (Å²) in [5, 5.41) is 8.65. The van der Waals surface area contributed by atoms with Gasteiger partial charge in [0.2, 0.25) is 5.95 Å². The molecule has 2 aliphatic rings. The topological polar surface area (TPSA) is 61.6 Å². The van der Waals surface area contributed by atoms with E-state index < -0.39 is 6.17 Å². The zero-order valence-corrected chi connectivity index (χ0v) is 17.5. The summed E-state index contributed by atoms with van der Waals surface area (Å²) in [6.07, 6.45) is 6.09. The van der Waals surface area contributed by atoms with E-state index >= 15 is 0 Å². The van der Waals surface area contributed by atoms with Gasteiger partial charge in [0.25, 0.3) is 0 Å². The molecule has 2 aliphatic heterocycles. The van der Waals surface area contributed by atoms with Crippen LogP contribution in [0, 0.1) is 0 Å². The lowest BCUT2D eigenvalue weighted by Gasteiger charge is -2.33. The van der Waals surface area contributed by atoms with Gasteiger partial charge in [0.15, 0.2) is 5.65 Å². The second-order valence-corrected chi connectivity index (χ2v) is 8.39. The Morgan fingerprint density at radius 3 is 2.57 bits per heavy atom. The van der Waals surface area contributed by atoms with Gasteiger partial charge in [-0.3, -0.25) is 0 Å². The quantitative estimate of drug-likeness (QED) is 0.636. The van der Waals surface area contributed by atoms with E-state index in [0.29, 0.717) is 43.1 Å². The lowest BCUT2D eigenvalue weighted by atomic mass is 10.0. The Hall–Kier alpha value is -2.61. The van der Waals surface area contributed by atoms with E-state index in [4.69, 9.17) is 16.6 Å². The summed E-state index contributed by atoms with van der Waals surface area (Å²) in [6, 6.07) is 8.25. The molecule has 0 aromatic carbocycles. The maximum Gasteiger partial charge on any atom is 0.243 e. The first kappa shape index (κ1) is 19.4. The number of anilines is 3. The SMILES string of the molecule is FC1CCN(c2cccn3nc(NC4CCN(c5ccnc(Cl)c5)CC4)nc23)CC1. The van der Waals surface area contributed by atoms with Crippen LogP contribution in [0.15, 0.2) is 36.7 Å². The molecule has 0 amide bonds. The average Bonchev–Trinajstić information content (AvgIpc) is 3.17. The third-order valence-corrected chi connectivity index (χ3v) is 6.22. The van der Waals surface area contributed by atoms with Crippen molar-refractivity contribution < 1.29 is 4.39 Å². The predicted octanol–water partition coefficient (Wildman–Crippen LogP) is 3.80. The Balaban J connectivity index is 1.26. The fourth-order valence-corrected chi connectivity index (χ4v) is 4.51. The van der Waals surface area contributed by atoms with Crippen LogP contribution in [0.25, 0.3) is 5.65 Å². The molecule has 2 saturated heterocycles. The van der Waals surface area contributed by atoms with Crippen LogP contribution in [0.1, 0.15) is 25.7 Å². The normalized spacial score (nSPS) is 18.9. The summed E-state index contributed by atoms with van der Waals surface area (Å²) in [6.45, 7) is 3.31. The Bertz CT molecular complexity index is 1010. The molecule has 0 radical (unpaired) electrons. The predicted molar refractivity (Wildman–Crippen MR) is 117 cm³/mol. The summed E-state index contributed by atoms with van der Waals surface area (Å²) in [5.41, 5.74) is 2.96. The highest BCUT2D eigenvalue weighted by atomic mass is 35.5. The average molecular weight is 430 g/mol. The van der Waals surface area contributed by atoms with Gasteiger partial charge in [-0.2, -0.15) is 4.98 Å². The van der Waals surface area contributed by atoms with Crippen molar-refractivity contribution in [1.29, 1.82) is 0 Å². The van der Waals surface area contributed by atoms with Crippen LogP contribution in [0.4, 0.5) is 21.7 Å². The number of halogens is 2.